The van der Waals surface area contributed by atoms with Crippen molar-refractivity contribution in [3.63, 3.8) is 0 Å². The van der Waals surface area contributed by atoms with E-state index in [1.54, 1.807) is 55.6 Å². The molecule has 0 spiro atoms. The fourth-order valence-corrected chi connectivity index (χ4v) is 3.58. The molecule has 0 aliphatic rings. The Labute approximate surface area is 178 Å². The first-order valence-electron chi connectivity index (χ1n) is 8.86. The molecule has 1 amide bonds. The summed E-state index contributed by atoms with van der Waals surface area (Å²) < 4.78 is 5.16. The molecule has 144 valence electrons. The lowest BCUT2D eigenvalue weighted by atomic mass is 10.0. The molecule has 1 heterocycles. The van der Waals surface area contributed by atoms with E-state index in [2.05, 4.69) is 10.3 Å². The van der Waals surface area contributed by atoms with Crippen molar-refractivity contribution in [3.8, 4) is 17.0 Å². The predicted octanol–water partition coefficient (Wildman–Crippen LogP) is 6.47. The fourth-order valence-electron chi connectivity index (χ4n) is 3.07. The standard InChI is InChI=1S/C23H16Cl2N2O2/c1-29-16-9-7-15(8-10-16)26-23(28)19-13-22(18-11-6-14(24)12-20(18)25)27-21-5-3-2-4-17(19)21/h2-13H,1H3,(H,26,28). The van der Waals surface area contributed by atoms with Crippen molar-refractivity contribution in [1.29, 1.82) is 0 Å². The van der Waals surface area contributed by atoms with Gasteiger partial charge in [0.25, 0.3) is 5.91 Å². The summed E-state index contributed by atoms with van der Waals surface area (Å²) in [5, 5.41) is 4.70. The summed E-state index contributed by atoms with van der Waals surface area (Å²) in [4.78, 5) is 17.8. The van der Waals surface area contributed by atoms with Crippen molar-refractivity contribution in [3.05, 3.63) is 88.4 Å². The second kappa shape index (κ2) is 8.11. The number of fused-ring (bicyclic) bond motifs is 1. The van der Waals surface area contributed by atoms with E-state index in [-0.39, 0.29) is 5.91 Å². The Kier molecular flexibility index (Phi) is 5.38. The second-order valence-electron chi connectivity index (χ2n) is 6.38. The molecule has 0 fully saturated rings. The van der Waals surface area contributed by atoms with Crippen molar-refractivity contribution in [2.45, 2.75) is 0 Å². The van der Waals surface area contributed by atoms with Gasteiger partial charge in [-0.25, -0.2) is 4.98 Å². The number of halogens is 2. The molecule has 0 aliphatic carbocycles. The van der Waals surface area contributed by atoms with E-state index in [0.29, 0.717) is 38.1 Å². The summed E-state index contributed by atoms with van der Waals surface area (Å²) in [5.41, 5.74) is 3.19. The minimum Gasteiger partial charge on any atom is -0.497 e. The Bertz CT molecular complexity index is 1210. The third kappa shape index (κ3) is 4.04. The maximum Gasteiger partial charge on any atom is 0.256 e. The zero-order chi connectivity index (χ0) is 20.4. The predicted molar refractivity (Wildman–Crippen MR) is 118 cm³/mol. The molecule has 0 atom stereocenters. The molecule has 29 heavy (non-hydrogen) atoms. The molecule has 0 aliphatic heterocycles. The highest BCUT2D eigenvalue weighted by molar-refractivity contribution is 6.36. The van der Waals surface area contributed by atoms with Crippen LogP contribution < -0.4 is 10.1 Å². The minimum absolute atomic E-state index is 0.236. The highest BCUT2D eigenvalue weighted by Gasteiger charge is 2.15. The summed E-state index contributed by atoms with van der Waals surface area (Å²) >= 11 is 12.4. The molecule has 0 bridgehead atoms. The summed E-state index contributed by atoms with van der Waals surface area (Å²) in [5.74, 6) is 0.483. The fraction of sp³-hybridized carbons (Fsp3) is 0.0435. The lowest BCUT2D eigenvalue weighted by Crippen LogP contribution is -2.13. The molecular weight excluding hydrogens is 407 g/mol. The highest BCUT2D eigenvalue weighted by Crippen LogP contribution is 2.32. The number of carbonyl (C=O) groups is 1. The van der Waals surface area contributed by atoms with E-state index < -0.39 is 0 Å². The van der Waals surface area contributed by atoms with Crippen LogP contribution in [-0.4, -0.2) is 18.0 Å². The zero-order valence-electron chi connectivity index (χ0n) is 15.4. The van der Waals surface area contributed by atoms with E-state index in [1.165, 1.54) is 0 Å². The van der Waals surface area contributed by atoms with Gasteiger partial charge in [0, 0.05) is 21.7 Å². The van der Waals surface area contributed by atoms with Crippen molar-refractivity contribution in [2.24, 2.45) is 0 Å². The van der Waals surface area contributed by atoms with Gasteiger partial charge < -0.3 is 10.1 Å². The Morgan fingerprint density at radius 3 is 2.45 bits per heavy atom. The average molecular weight is 423 g/mol. The third-order valence-corrected chi connectivity index (χ3v) is 5.06. The molecule has 6 heteroatoms. The maximum atomic E-state index is 13.1. The smallest absolute Gasteiger partial charge is 0.256 e. The Morgan fingerprint density at radius 1 is 0.966 bits per heavy atom. The lowest BCUT2D eigenvalue weighted by molar-refractivity contribution is 0.102. The van der Waals surface area contributed by atoms with E-state index >= 15 is 0 Å². The number of nitrogens with one attached hydrogen (secondary N) is 1. The molecule has 4 rings (SSSR count). The molecule has 0 radical (unpaired) electrons. The highest BCUT2D eigenvalue weighted by atomic mass is 35.5. The molecule has 0 saturated carbocycles. The number of methoxy groups -OCH3 is 1. The van der Waals surface area contributed by atoms with E-state index in [0.717, 1.165) is 11.1 Å². The van der Waals surface area contributed by atoms with Crippen LogP contribution in [-0.2, 0) is 0 Å². The first kappa shape index (κ1) is 19.2. The van der Waals surface area contributed by atoms with Crippen LogP contribution in [0.1, 0.15) is 10.4 Å². The Hall–Kier alpha value is -3.08. The second-order valence-corrected chi connectivity index (χ2v) is 7.22. The van der Waals surface area contributed by atoms with Crippen LogP contribution in [0, 0.1) is 0 Å². The molecule has 0 unspecified atom stereocenters. The van der Waals surface area contributed by atoms with Crippen LogP contribution in [0.15, 0.2) is 72.8 Å². The number of benzene rings is 3. The number of ether oxygens (including phenoxy) is 1. The third-order valence-electron chi connectivity index (χ3n) is 4.52. The number of anilines is 1. The quantitative estimate of drug-likeness (QED) is 0.409. The monoisotopic (exact) mass is 422 g/mol. The minimum atomic E-state index is -0.236. The Balaban J connectivity index is 1.78. The molecule has 0 saturated heterocycles. The van der Waals surface area contributed by atoms with E-state index in [1.807, 2.05) is 24.3 Å². The summed E-state index contributed by atoms with van der Waals surface area (Å²) in [6.45, 7) is 0. The van der Waals surface area contributed by atoms with Crippen LogP contribution in [0.3, 0.4) is 0 Å². The summed E-state index contributed by atoms with van der Waals surface area (Å²) in [6.07, 6.45) is 0. The van der Waals surface area contributed by atoms with Gasteiger partial charge >= 0.3 is 0 Å². The van der Waals surface area contributed by atoms with Crippen LogP contribution in [0.2, 0.25) is 10.0 Å². The number of para-hydroxylation sites is 1. The van der Waals surface area contributed by atoms with Gasteiger partial charge in [0.15, 0.2) is 0 Å². The number of pyridine rings is 1. The molecule has 4 aromatic rings. The van der Waals surface area contributed by atoms with Crippen molar-refractivity contribution >= 4 is 45.7 Å². The van der Waals surface area contributed by atoms with Gasteiger partial charge in [-0.05, 0) is 54.6 Å². The number of carbonyl (C=O) groups excluding carboxylic acids is 1. The van der Waals surface area contributed by atoms with Gasteiger partial charge in [0.05, 0.1) is 28.9 Å². The van der Waals surface area contributed by atoms with Gasteiger partial charge in [-0.2, -0.15) is 0 Å². The summed E-state index contributed by atoms with van der Waals surface area (Å²) in [7, 11) is 1.60. The topological polar surface area (TPSA) is 51.2 Å². The van der Waals surface area contributed by atoms with Crippen molar-refractivity contribution in [1.82, 2.24) is 4.98 Å². The van der Waals surface area contributed by atoms with Crippen LogP contribution in [0.5, 0.6) is 5.75 Å². The maximum absolute atomic E-state index is 13.1. The average Bonchev–Trinajstić information content (AvgIpc) is 2.73. The van der Waals surface area contributed by atoms with Crippen LogP contribution in [0.4, 0.5) is 5.69 Å². The SMILES string of the molecule is COc1ccc(NC(=O)c2cc(-c3ccc(Cl)cc3Cl)nc3ccccc23)cc1. The molecule has 4 nitrogen and oxygen atoms in total. The van der Waals surface area contributed by atoms with Crippen molar-refractivity contribution in [2.75, 3.05) is 12.4 Å². The molecule has 1 aromatic heterocycles. The number of nitrogens with zero attached hydrogens (tertiary/aromatic N) is 1. The lowest BCUT2D eigenvalue weighted by Gasteiger charge is -2.12. The van der Waals surface area contributed by atoms with Crippen LogP contribution >= 0.6 is 23.2 Å². The van der Waals surface area contributed by atoms with Crippen molar-refractivity contribution < 1.29 is 9.53 Å². The van der Waals surface area contributed by atoms with Crippen LogP contribution in [0.25, 0.3) is 22.2 Å². The normalized spacial score (nSPS) is 10.7. The van der Waals surface area contributed by atoms with Gasteiger partial charge in [-0.15, -0.1) is 0 Å². The molecule has 3 aromatic carbocycles. The number of hydrogen-bond donors (Lipinski definition) is 1. The number of amides is 1. The number of hydrogen-bond acceptors (Lipinski definition) is 3. The first-order valence-corrected chi connectivity index (χ1v) is 9.61. The number of rotatable bonds is 4. The number of aromatic nitrogens is 1. The van der Waals surface area contributed by atoms with Gasteiger partial charge in [0.1, 0.15) is 5.75 Å². The molecular formula is C23H16Cl2N2O2. The van der Waals surface area contributed by atoms with Gasteiger partial charge in [0.2, 0.25) is 0 Å². The first-order chi connectivity index (χ1) is 14.0. The Morgan fingerprint density at radius 2 is 1.72 bits per heavy atom. The van der Waals surface area contributed by atoms with E-state index in [4.69, 9.17) is 27.9 Å². The largest absolute Gasteiger partial charge is 0.497 e. The zero-order valence-corrected chi connectivity index (χ0v) is 17.0. The van der Waals surface area contributed by atoms with Gasteiger partial charge in [-0.3, -0.25) is 4.79 Å². The molecule has 1 N–H and O–H groups in total. The van der Waals surface area contributed by atoms with Gasteiger partial charge in [-0.1, -0.05) is 41.4 Å². The summed E-state index contributed by atoms with van der Waals surface area (Å²) in [6, 6.07) is 21.6. The van der Waals surface area contributed by atoms with E-state index in [9.17, 15) is 4.79 Å².